The number of aromatic hydroxyl groups is 2. The van der Waals surface area contributed by atoms with Crippen LogP contribution in [0.25, 0.3) is 46.4 Å². The van der Waals surface area contributed by atoms with Crippen LogP contribution in [-0.4, -0.2) is 30.1 Å². The molecule has 3 aromatic heterocycles. The molecule has 1 aromatic carbocycles. The van der Waals surface area contributed by atoms with Gasteiger partial charge in [0.1, 0.15) is 0 Å². The molecule has 5 heterocycles. The Morgan fingerprint density at radius 2 is 0.909 bits per heavy atom. The number of nitrogens with one attached hydrogen (secondary N) is 2. The maximum atomic E-state index is 8.87. The van der Waals surface area contributed by atoms with Gasteiger partial charge < -0.3 is 9.97 Å². The van der Waals surface area contributed by atoms with Crippen LogP contribution in [-0.2, 0) is 18.3 Å². The fraction of sp³-hybridized carbons (Fsp3) is 0. The number of hydrogen-bond donors (Lipinski definition) is 4. The number of aromatic nitrogens is 4. The molecule has 0 saturated heterocycles. The molecule has 2 aliphatic heterocycles. The third-order valence-corrected chi connectivity index (χ3v) is 6.00. The molecule has 0 atom stereocenters. The Bertz CT molecular complexity index is 1390. The van der Waals surface area contributed by atoms with Gasteiger partial charge in [-0.1, -0.05) is 0 Å². The van der Waals surface area contributed by atoms with Crippen molar-refractivity contribution in [3.8, 4) is 11.5 Å². The third-order valence-electron chi connectivity index (χ3n) is 5.08. The molecule has 6 rings (SSSR count). The SMILES string of the molecule is C1=Cc2cc3ccc(cc4nc(cc5ccc(cc1n2)[nH]5)C=C4)[nH]3.Oc1cc[c]([Zn])cc1O. The minimum atomic E-state index is -0.0489. The van der Waals surface area contributed by atoms with Gasteiger partial charge in [-0.3, -0.25) is 0 Å². The van der Waals surface area contributed by atoms with Gasteiger partial charge in [0.2, 0.25) is 0 Å². The Labute approximate surface area is 199 Å². The Morgan fingerprint density at radius 1 is 0.515 bits per heavy atom. The van der Waals surface area contributed by atoms with Crippen LogP contribution in [0.5, 0.6) is 11.5 Å². The zero-order valence-corrected chi connectivity index (χ0v) is 20.6. The molecule has 33 heavy (non-hydrogen) atoms. The summed E-state index contributed by atoms with van der Waals surface area (Å²) in [6.07, 6.45) is 8.09. The van der Waals surface area contributed by atoms with Crippen molar-refractivity contribution in [2.75, 3.05) is 0 Å². The van der Waals surface area contributed by atoms with Gasteiger partial charge >= 0.3 is 62.4 Å². The van der Waals surface area contributed by atoms with E-state index in [4.69, 9.17) is 10.2 Å². The van der Waals surface area contributed by atoms with Crippen molar-refractivity contribution in [3.05, 3.63) is 89.5 Å². The van der Waals surface area contributed by atoms with E-state index in [1.54, 1.807) is 12.1 Å². The summed E-state index contributed by atoms with van der Waals surface area (Å²) in [5, 5.41) is 17.7. The van der Waals surface area contributed by atoms with Crippen molar-refractivity contribution in [2.24, 2.45) is 0 Å². The second kappa shape index (κ2) is 8.89. The first-order valence-corrected chi connectivity index (χ1v) is 11.9. The molecule has 157 valence electrons. The molecule has 0 spiro atoms. The number of nitrogens with zero attached hydrogens (tertiary/aromatic N) is 2. The van der Waals surface area contributed by atoms with Gasteiger partial charge in [-0.25, -0.2) is 9.97 Å². The van der Waals surface area contributed by atoms with Crippen LogP contribution in [0.3, 0.4) is 0 Å². The molecule has 0 fully saturated rings. The van der Waals surface area contributed by atoms with E-state index in [2.05, 4.69) is 44.2 Å². The quantitative estimate of drug-likeness (QED) is 0.182. The van der Waals surface area contributed by atoms with E-state index in [1.165, 1.54) is 6.07 Å². The molecule has 0 unspecified atom stereocenters. The van der Waals surface area contributed by atoms with Crippen LogP contribution in [0.15, 0.2) is 66.7 Å². The van der Waals surface area contributed by atoms with E-state index >= 15 is 0 Å². The van der Waals surface area contributed by atoms with Crippen LogP contribution < -0.4 is 4.16 Å². The molecular weight excluding hydrogens is 466 g/mol. The molecule has 6 nitrogen and oxygen atoms in total. The summed E-state index contributed by atoms with van der Waals surface area (Å²) in [4.78, 5) is 16.0. The van der Waals surface area contributed by atoms with Crippen molar-refractivity contribution < 1.29 is 28.5 Å². The molecule has 4 aromatic rings. The standard InChI is InChI=1S/C20H14N4.C6H5O2.Zn/c1-2-14-10-16-5-6-18(23-16)12-20-8-7-19(24-20)11-17-4-3-15(22-17)9-13(1)21-14;7-5-3-1-2-4-6(5)8;/h1-12,21,24H;1,3-4,7-8H;. The van der Waals surface area contributed by atoms with Crippen LogP contribution in [0, 0.1) is 0 Å². The summed E-state index contributed by atoms with van der Waals surface area (Å²) in [5.41, 5.74) is 7.86. The van der Waals surface area contributed by atoms with E-state index in [1.807, 2.05) is 48.6 Å². The molecule has 4 N–H and O–H groups in total. The Hall–Kier alpha value is -3.96. The molecule has 8 bridgehead atoms. The van der Waals surface area contributed by atoms with Crippen LogP contribution in [0.2, 0.25) is 0 Å². The van der Waals surface area contributed by atoms with E-state index in [0.717, 1.165) is 67.3 Å². The summed E-state index contributed by atoms with van der Waals surface area (Å²) < 4.78 is 1.06. The summed E-state index contributed by atoms with van der Waals surface area (Å²) in [5.74, 6) is -0.0778. The van der Waals surface area contributed by atoms with Gasteiger partial charge in [0.25, 0.3) is 0 Å². The fourth-order valence-corrected chi connectivity index (χ4v) is 4.17. The zero-order chi connectivity index (χ0) is 22.8. The van der Waals surface area contributed by atoms with E-state index in [-0.39, 0.29) is 11.5 Å². The van der Waals surface area contributed by atoms with Crippen LogP contribution in [0.1, 0.15) is 22.8 Å². The average molecular weight is 485 g/mol. The predicted molar refractivity (Wildman–Crippen MR) is 128 cm³/mol. The van der Waals surface area contributed by atoms with Gasteiger partial charge in [0, 0.05) is 22.1 Å². The normalized spacial score (nSPS) is 11.8. The second-order valence-corrected chi connectivity index (χ2v) is 9.44. The first-order valence-electron chi connectivity index (χ1n) is 10.4. The number of benzene rings is 1. The van der Waals surface area contributed by atoms with Gasteiger partial charge in [-0.15, -0.1) is 0 Å². The Morgan fingerprint density at radius 3 is 1.24 bits per heavy atom. The molecule has 0 aliphatic carbocycles. The molecule has 0 saturated carbocycles. The Kier molecular flexibility index (Phi) is 5.63. The predicted octanol–water partition coefficient (Wildman–Crippen LogP) is 4.93. The molecule has 0 radical (unpaired) electrons. The number of hydrogen-bond acceptors (Lipinski definition) is 4. The second-order valence-electron chi connectivity index (χ2n) is 7.73. The van der Waals surface area contributed by atoms with Crippen molar-refractivity contribution >= 4 is 50.5 Å². The first kappa shape index (κ1) is 20.9. The van der Waals surface area contributed by atoms with Crippen molar-refractivity contribution in [1.29, 1.82) is 0 Å². The number of phenols is 2. The maximum absolute atomic E-state index is 8.87. The van der Waals surface area contributed by atoms with Crippen molar-refractivity contribution in [1.82, 2.24) is 19.9 Å². The number of aromatic amines is 2. The van der Waals surface area contributed by atoms with E-state index in [0.29, 0.717) is 0 Å². The first-order chi connectivity index (χ1) is 16.0. The molecule has 0 amide bonds. The average Bonchev–Trinajstić information content (AvgIpc) is 3.57. The molecule has 7 heteroatoms. The van der Waals surface area contributed by atoms with Crippen molar-refractivity contribution in [3.63, 3.8) is 0 Å². The summed E-state index contributed by atoms with van der Waals surface area (Å²) in [6, 6.07) is 21.2. The zero-order valence-electron chi connectivity index (χ0n) is 17.7. The third kappa shape index (κ3) is 5.10. The van der Waals surface area contributed by atoms with Gasteiger partial charge in [0.05, 0.1) is 22.8 Å². The summed E-state index contributed by atoms with van der Waals surface area (Å²) >= 11 is 0.994. The van der Waals surface area contributed by atoms with Gasteiger partial charge in [0.15, 0.2) is 0 Å². The molecular formula is C26H19N4O2Zn. The number of H-pyrrole nitrogens is 2. The van der Waals surface area contributed by atoms with Crippen molar-refractivity contribution in [2.45, 2.75) is 0 Å². The van der Waals surface area contributed by atoms with Crippen LogP contribution in [0.4, 0.5) is 0 Å². The van der Waals surface area contributed by atoms with E-state index in [9.17, 15) is 0 Å². The minimum absolute atomic E-state index is 0.0289. The number of fused-ring (bicyclic) bond motifs is 8. The fourth-order valence-electron chi connectivity index (χ4n) is 3.51. The monoisotopic (exact) mass is 483 g/mol. The van der Waals surface area contributed by atoms with Gasteiger partial charge in [-0.2, -0.15) is 0 Å². The number of rotatable bonds is 0. The topological polar surface area (TPSA) is 97.8 Å². The van der Waals surface area contributed by atoms with E-state index < -0.39 is 0 Å². The molecule has 2 aliphatic rings. The van der Waals surface area contributed by atoms with Crippen LogP contribution >= 0.6 is 0 Å². The van der Waals surface area contributed by atoms with Gasteiger partial charge in [-0.05, 0) is 72.8 Å². The summed E-state index contributed by atoms with van der Waals surface area (Å²) in [6.45, 7) is 0. The number of phenolic OH excluding ortho intramolecular Hbond substituents is 2. The summed E-state index contributed by atoms with van der Waals surface area (Å²) in [7, 11) is 0. The Balaban J connectivity index is 0.000000215.